The Hall–Kier alpha value is -2.08. The third kappa shape index (κ3) is 2.71. The van der Waals surface area contributed by atoms with Crippen LogP contribution in [0.4, 0.5) is 0 Å². The van der Waals surface area contributed by atoms with Gasteiger partial charge >= 0.3 is 0 Å². The van der Waals surface area contributed by atoms with Crippen molar-refractivity contribution in [3.63, 3.8) is 0 Å². The average Bonchev–Trinajstić information content (AvgIpc) is 2.31. The van der Waals surface area contributed by atoms with Crippen LogP contribution in [-0.4, -0.2) is 24.4 Å². The molecule has 1 unspecified atom stereocenters. The lowest BCUT2D eigenvalue weighted by atomic mass is 9.99. The maximum Gasteiger partial charge on any atom is 0.244 e. The van der Waals surface area contributed by atoms with Crippen LogP contribution in [0.25, 0.3) is 0 Å². The molecule has 0 fully saturated rings. The standard InChI is InChI=1S/C13H14N2O/c1-3-9-15(2)13(16)12(10-14)11-7-5-4-6-8-11/h3-8,12H,1,9H2,2H3. The minimum absolute atomic E-state index is 0.200. The highest BCUT2D eigenvalue weighted by Crippen LogP contribution is 2.16. The van der Waals surface area contributed by atoms with E-state index in [9.17, 15) is 4.79 Å². The monoisotopic (exact) mass is 214 g/mol. The number of nitriles is 1. The molecule has 0 aromatic heterocycles. The van der Waals surface area contributed by atoms with Gasteiger partial charge in [0.2, 0.25) is 5.91 Å². The summed E-state index contributed by atoms with van der Waals surface area (Å²) in [7, 11) is 1.66. The largest absolute Gasteiger partial charge is 0.341 e. The van der Waals surface area contributed by atoms with Gasteiger partial charge in [0.05, 0.1) is 6.07 Å². The van der Waals surface area contributed by atoms with Gasteiger partial charge in [0.25, 0.3) is 0 Å². The number of carbonyl (C=O) groups is 1. The number of likely N-dealkylation sites (N-methyl/N-ethyl adjacent to an activating group) is 1. The number of rotatable bonds is 4. The molecule has 0 spiro atoms. The van der Waals surface area contributed by atoms with Crippen molar-refractivity contribution in [1.82, 2.24) is 4.90 Å². The number of nitrogens with zero attached hydrogens (tertiary/aromatic N) is 2. The van der Waals surface area contributed by atoms with Gasteiger partial charge in [-0.1, -0.05) is 36.4 Å². The summed E-state index contributed by atoms with van der Waals surface area (Å²) < 4.78 is 0. The summed E-state index contributed by atoms with van der Waals surface area (Å²) in [5.41, 5.74) is 0.728. The van der Waals surface area contributed by atoms with Gasteiger partial charge in [-0.3, -0.25) is 4.79 Å². The van der Waals surface area contributed by atoms with Gasteiger partial charge in [-0.2, -0.15) is 5.26 Å². The minimum atomic E-state index is -0.730. The maximum absolute atomic E-state index is 11.9. The molecule has 0 saturated heterocycles. The first kappa shape index (κ1) is 12.0. The van der Waals surface area contributed by atoms with E-state index in [4.69, 9.17) is 5.26 Å². The molecule has 0 saturated carbocycles. The van der Waals surface area contributed by atoms with Crippen molar-refractivity contribution in [3.8, 4) is 6.07 Å². The van der Waals surface area contributed by atoms with Crippen molar-refractivity contribution >= 4 is 5.91 Å². The van der Waals surface area contributed by atoms with Crippen LogP contribution in [0.3, 0.4) is 0 Å². The Kier molecular flexibility index (Phi) is 4.28. The molecule has 0 aliphatic carbocycles. The molecule has 0 aliphatic rings. The molecule has 0 aliphatic heterocycles. The van der Waals surface area contributed by atoms with Gasteiger partial charge < -0.3 is 4.90 Å². The van der Waals surface area contributed by atoms with Crippen molar-refractivity contribution in [2.75, 3.05) is 13.6 Å². The average molecular weight is 214 g/mol. The summed E-state index contributed by atoms with van der Waals surface area (Å²) in [4.78, 5) is 13.4. The molecule has 1 aromatic carbocycles. The molecular formula is C13H14N2O. The highest BCUT2D eigenvalue weighted by molar-refractivity contribution is 5.86. The summed E-state index contributed by atoms with van der Waals surface area (Å²) in [6.07, 6.45) is 1.64. The second-order valence-electron chi connectivity index (χ2n) is 3.48. The number of amides is 1. The predicted octanol–water partition coefficient (Wildman–Crippen LogP) is 1.94. The Labute approximate surface area is 95.6 Å². The SMILES string of the molecule is C=CCN(C)C(=O)C(C#N)c1ccccc1. The zero-order chi connectivity index (χ0) is 12.0. The molecule has 1 atom stereocenters. The molecule has 16 heavy (non-hydrogen) atoms. The van der Waals surface area contributed by atoms with E-state index in [0.29, 0.717) is 6.54 Å². The van der Waals surface area contributed by atoms with Crippen LogP contribution in [0.2, 0.25) is 0 Å². The zero-order valence-electron chi connectivity index (χ0n) is 9.26. The molecule has 1 amide bonds. The van der Waals surface area contributed by atoms with Crippen molar-refractivity contribution in [2.24, 2.45) is 0 Å². The summed E-state index contributed by atoms with van der Waals surface area (Å²) in [6.45, 7) is 4.01. The summed E-state index contributed by atoms with van der Waals surface area (Å²) >= 11 is 0. The molecule has 0 bridgehead atoms. The number of hydrogen-bond donors (Lipinski definition) is 0. The topological polar surface area (TPSA) is 44.1 Å². The molecule has 3 nitrogen and oxygen atoms in total. The number of benzene rings is 1. The molecular weight excluding hydrogens is 200 g/mol. The fourth-order valence-corrected chi connectivity index (χ4v) is 1.42. The molecule has 82 valence electrons. The van der Waals surface area contributed by atoms with E-state index < -0.39 is 5.92 Å². The first-order valence-corrected chi connectivity index (χ1v) is 5.01. The van der Waals surface area contributed by atoms with E-state index in [2.05, 4.69) is 6.58 Å². The third-order valence-electron chi connectivity index (χ3n) is 2.29. The Morgan fingerprint density at radius 2 is 2.19 bits per heavy atom. The van der Waals surface area contributed by atoms with Gasteiger partial charge in [-0.05, 0) is 5.56 Å². The summed E-state index contributed by atoms with van der Waals surface area (Å²) in [5, 5.41) is 9.04. The molecule has 1 rings (SSSR count). The van der Waals surface area contributed by atoms with Crippen LogP contribution >= 0.6 is 0 Å². The first-order valence-electron chi connectivity index (χ1n) is 5.01. The first-order chi connectivity index (χ1) is 7.70. The molecule has 0 N–H and O–H groups in total. The minimum Gasteiger partial charge on any atom is -0.341 e. The van der Waals surface area contributed by atoms with Crippen LogP contribution in [0.15, 0.2) is 43.0 Å². The zero-order valence-corrected chi connectivity index (χ0v) is 9.26. The quantitative estimate of drug-likeness (QED) is 0.719. The van der Waals surface area contributed by atoms with E-state index in [1.54, 1.807) is 25.3 Å². The van der Waals surface area contributed by atoms with Crippen molar-refractivity contribution < 1.29 is 4.79 Å². The molecule has 1 aromatic rings. The Morgan fingerprint density at radius 3 is 2.69 bits per heavy atom. The number of carbonyl (C=O) groups excluding carboxylic acids is 1. The second-order valence-corrected chi connectivity index (χ2v) is 3.48. The Bertz CT molecular complexity index is 406. The molecule has 3 heteroatoms. The van der Waals surface area contributed by atoms with Gasteiger partial charge in [0.1, 0.15) is 5.92 Å². The fourth-order valence-electron chi connectivity index (χ4n) is 1.42. The predicted molar refractivity (Wildman–Crippen MR) is 62.6 cm³/mol. The van der Waals surface area contributed by atoms with E-state index in [0.717, 1.165) is 5.56 Å². The van der Waals surface area contributed by atoms with E-state index in [1.165, 1.54) is 4.90 Å². The lowest BCUT2D eigenvalue weighted by Crippen LogP contribution is -2.31. The van der Waals surface area contributed by atoms with Crippen LogP contribution in [0, 0.1) is 11.3 Å². The van der Waals surface area contributed by atoms with Crippen LogP contribution in [-0.2, 0) is 4.79 Å². The normalized spacial score (nSPS) is 11.2. The summed E-state index contributed by atoms with van der Waals surface area (Å²) in [5.74, 6) is -0.931. The summed E-state index contributed by atoms with van der Waals surface area (Å²) in [6, 6.07) is 11.1. The van der Waals surface area contributed by atoms with Crippen LogP contribution < -0.4 is 0 Å². The van der Waals surface area contributed by atoms with E-state index >= 15 is 0 Å². The van der Waals surface area contributed by atoms with Gasteiger partial charge in [-0.15, -0.1) is 6.58 Å². The third-order valence-corrected chi connectivity index (χ3v) is 2.29. The van der Waals surface area contributed by atoms with E-state index in [1.807, 2.05) is 24.3 Å². The van der Waals surface area contributed by atoms with Gasteiger partial charge in [0, 0.05) is 13.6 Å². The molecule has 0 radical (unpaired) electrons. The van der Waals surface area contributed by atoms with Crippen molar-refractivity contribution in [2.45, 2.75) is 5.92 Å². The fraction of sp³-hybridized carbons (Fsp3) is 0.231. The van der Waals surface area contributed by atoms with Gasteiger partial charge in [-0.25, -0.2) is 0 Å². The lowest BCUT2D eigenvalue weighted by molar-refractivity contribution is -0.129. The smallest absolute Gasteiger partial charge is 0.244 e. The number of hydrogen-bond acceptors (Lipinski definition) is 2. The maximum atomic E-state index is 11.9. The van der Waals surface area contributed by atoms with Crippen LogP contribution in [0.5, 0.6) is 0 Å². The Balaban J connectivity index is 2.88. The lowest BCUT2D eigenvalue weighted by Gasteiger charge is -2.18. The Morgan fingerprint density at radius 1 is 1.56 bits per heavy atom. The highest BCUT2D eigenvalue weighted by Gasteiger charge is 2.22. The highest BCUT2D eigenvalue weighted by atomic mass is 16.2. The van der Waals surface area contributed by atoms with Crippen molar-refractivity contribution in [3.05, 3.63) is 48.6 Å². The van der Waals surface area contributed by atoms with E-state index in [-0.39, 0.29) is 5.91 Å². The van der Waals surface area contributed by atoms with Gasteiger partial charge in [0.15, 0.2) is 0 Å². The second kappa shape index (κ2) is 5.72. The van der Waals surface area contributed by atoms with Crippen molar-refractivity contribution in [1.29, 1.82) is 5.26 Å². The molecule has 0 heterocycles. The van der Waals surface area contributed by atoms with Crippen LogP contribution in [0.1, 0.15) is 11.5 Å².